The molecule has 0 radical (unpaired) electrons. The number of hydrogen-bond acceptors (Lipinski definition) is 3. The van der Waals surface area contributed by atoms with E-state index in [-0.39, 0.29) is 18.6 Å². The molecule has 0 aliphatic carbocycles. The van der Waals surface area contributed by atoms with E-state index in [1.807, 2.05) is 0 Å². The first-order chi connectivity index (χ1) is 7.20. The lowest BCUT2D eigenvalue weighted by atomic mass is 10.1. The molecule has 0 aromatic rings. The number of halogens is 1. The maximum Gasteiger partial charge on any atom is 0.410 e. The lowest BCUT2D eigenvalue weighted by Crippen LogP contribution is -2.47. The van der Waals surface area contributed by atoms with Crippen LogP contribution in [0.1, 0.15) is 34.1 Å². The third-order valence-corrected chi connectivity index (χ3v) is 2.53. The number of carbonyl (C=O) groups is 1. The molecule has 0 spiro atoms. The number of carbonyl (C=O) groups excluding carboxylic acids is 1. The van der Waals surface area contributed by atoms with Crippen LogP contribution >= 0.6 is 0 Å². The van der Waals surface area contributed by atoms with Gasteiger partial charge in [-0.05, 0) is 27.7 Å². The average Bonchev–Trinajstić information content (AvgIpc) is 2.44. The zero-order valence-electron chi connectivity index (χ0n) is 10.4. The summed E-state index contributed by atoms with van der Waals surface area (Å²) in [7, 11) is 0. The molecule has 3 atom stereocenters. The van der Waals surface area contributed by atoms with E-state index in [1.54, 1.807) is 27.7 Å². The standard InChI is InChI=1S/C11H21FN2O2/c1-7(13)9-5-8(12)6-14(9)10(15)16-11(2,3)4/h7-9H,5-6,13H2,1-4H3/t7-,8-,9+/m0/s1. The van der Waals surface area contributed by atoms with Crippen LogP contribution in [0.15, 0.2) is 0 Å². The van der Waals surface area contributed by atoms with E-state index in [4.69, 9.17) is 10.5 Å². The molecule has 0 saturated carbocycles. The van der Waals surface area contributed by atoms with Gasteiger partial charge in [0.05, 0.1) is 12.6 Å². The van der Waals surface area contributed by atoms with Crippen LogP contribution in [0.5, 0.6) is 0 Å². The highest BCUT2D eigenvalue weighted by Gasteiger charge is 2.39. The molecule has 1 fully saturated rings. The van der Waals surface area contributed by atoms with Crippen LogP contribution in [-0.4, -0.2) is 41.4 Å². The molecule has 0 unspecified atom stereocenters. The van der Waals surface area contributed by atoms with Gasteiger partial charge in [0.15, 0.2) is 0 Å². The summed E-state index contributed by atoms with van der Waals surface area (Å²) >= 11 is 0. The Morgan fingerprint density at radius 2 is 2.12 bits per heavy atom. The molecule has 1 aliphatic heterocycles. The third kappa shape index (κ3) is 3.33. The molecular weight excluding hydrogens is 211 g/mol. The summed E-state index contributed by atoms with van der Waals surface area (Å²) in [5.41, 5.74) is 5.17. The highest BCUT2D eigenvalue weighted by Crippen LogP contribution is 2.24. The summed E-state index contributed by atoms with van der Waals surface area (Å²) in [6.45, 7) is 7.22. The van der Waals surface area contributed by atoms with Gasteiger partial charge < -0.3 is 15.4 Å². The zero-order chi connectivity index (χ0) is 12.5. The highest BCUT2D eigenvalue weighted by atomic mass is 19.1. The van der Waals surface area contributed by atoms with Gasteiger partial charge in [-0.15, -0.1) is 0 Å². The Kier molecular flexibility index (Phi) is 3.78. The average molecular weight is 232 g/mol. The van der Waals surface area contributed by atoms with Crippen molar-refractivity contribution in [3.8, 4) is 0 Å². The third-order valence-electron chi connectivity index (χ3n) is 2.53. The molecule has 2 N–H and O–H groups in total. The summed E-state index contributed by atoms with van der Waals surface area (Å²) in [6.07, 6.45) is -1.17. The molecule has 0 aromatic carbocycles. The van der Waals surface area contributed by atoms with Gasteiger partial charge in [0, 0.05) is 12.5 Å². The van der Waals surface area contributed by atoms with Crippen molar-refractivity contribution < 1.29 is 13.9 Å². The van der Waals surface area contributed by atoms with Crippen molar-refractivity contribution in [3.05, 3.63) is 0 Å². The van der Waals surface area contributed by atoms with Crippen molar-refractivity contribution in [2.75, 3.05) is 6.54 Å². The molecule has 5 heteroatoms. The van der Waals surface area contributed by atoms with Crippen molar-refractivity contribution in [2.24, 2.45) is 5.73 Å². The van der Waals surface area contributed by atoms with Crippen LogP contribution in [0.3, 0.4) is 0 Å². The first kappa shape index (κ1) is 13.2. The van der Waals surface area contributed by atoms with Crippen LogP contribution in [0.25, 0.3) is 0 Å². The van der Waals surface area contributed by atoms with Gasteiger partial charge >= 0.3 is 6.09 Å². The number of ether oxygens (including phenoxy) is 1. The number of alkyl halides is 1. The first-order valence-corrected chi connectivity index (χ1v) is 5.60. The minimum Gasteiger partial charge on any atom is -0.444 e. The molecule has 1 rings (SSSR count). The van der Waals surface area contributed by atoms with Crippen molar-refractivity contribution in [2.45, 2.75) is 58.0 Å². The molecule has 94 valence electrons. The van der Waals surface area contributed by atoms with Gasteiger partial charge in [-0.3, -0.25) is 0 Å². The predicted octanol–water partition coefficient (Wildman–Crippen LogP) is 1.68. The van der Waals surface area contributed by atoms with Crippen LogP contribution in [0, 0.1) is 0 Å². The summed E-state index contributed by atoms with van der Waals surface area (Å²) < 4.78 is 18.5. The second kappa shape index (κ2) is 4.57. The molecule has 0 aromatic heterocycles. The van der Waals surface area contributed by atoms with E-state index in [2.05, 4.69) is 0 Å². The Hall–Kier alpha value is -0.840. The van der Waals surface area contributed by atoms with E-state index < -0.39 is 17.9 Å². The SMILES string of the molecule is C[C@H](N)[C@H]1C[C@H](F)CN1C(=O)OC(C)(C)C. The largest absolute Gasteiger partial charge is 0.444 e. The molecule has 4 nitrogen and oxygen atoms in total. The van der Waals surface area contributed by atoms with Crippen LogP contribution in [0.4, 0.5) is 9.18 Å². The lowest BCUT2D eigenvalue weighted by molar-refractivity contribution is 0.0203. The second-order valence-electron chi connectivity index (χ2n) is 5.39. The monoisotopic (exact) mass is 232 g/mol. The van der Waals surface area contributed by atoms with Crippen molar-refractivity contribution in [1.29, 1.82) is 0 Å². The van der Waals surface area contributed by atoms with E-state index in [9.17, 15) is 9.18 Å². The maximum atomic E-state index is 13.3. The van der Waals surface area contributed by atoms with E-state index >= 15 is 0 Å². The quantitative estimate of drug-likeness (QED) is 0.748. The predicted molar refractivity (Wildman–Crippen MR) is 59.9 cm³/mol. The molecule has 1 heterocycles. The number of hydrogen-bond donors (Lipinski definition) is 1. The van der Waals surface area contributed by atoms with E-state index in [0.717, 1.165) is 0 Å². The summed E-state index contributed by atoms with van der Waals surface area (Å²) in [6, 6.07) is -0.502. The van der Waals surface area contributed by atoms with Crippen molar-refractivity contribution >= 4 is 6.09 Å². The van der Waals surface area contributed by atoms with Crippen molar-refractivity contribution in [3.63, 3.8) is 0 Å². The Balaban J connectivity index is 2.67. The fourth-order valence-electron chi connectivity index (χ4n) is 1.84. The van der Waals surface area contributed by atoms with Gasteiger partial charge in [0.2, 0.25) is 0 Å². The molecular formula is C11H21FN2O2. The molecule has 1 amide bonds. The number of rotatable bonds is 1. The normalized spacial score (nSPS) is 28.0. The first-order valence-electron chi connectivity index (χ1n) is 5.60. The lowest BCUT2D eigenvalue weighted by Gasteiger charge is -2.29. The zero-order valence-corrected chi connectivity index (χ0v) is 10.4. The van der Waals surface area contributed by atoms with Gasteiger partial charge in [-0.25, -0.2) is 9.18 Å². The number of nitrogens with zero attached hydrogens (tertiary/aromatic N) is 1. The topological polar surface area (TPSA) is 55.6 Å². The Bertz CT molecular complexity index is 263. The molecule has 16 heavy (non-hydrogen) atoms. The summed E-state index contributed by atoms with van der Waals surface area (Å²) in [4.78, 5) is 13.2. The summed E-state index contributed by atoms with van der Waals surface area (Å²) in [5, 5.41) is 0. The van der Waals surface area contributed by atoms with E-state index in [0.29, 0.717) is 6.42 Å². The van der Waals surface area contributed by atoms with Gasteiger partial charge in [-0.1, -0.05) is 0 Å². The minimum atomic E-state index is -0.997. The number of nitrogens with two attached hydrogens (primary N) is 1. The fourth-order valence-corrected chi connectivity index (χ4v) is 1.84. The minimum absolute atomic E-state index is 0.0844. The Labute approximate surface area is 95.9 Å². The summed E-state index contributed by atoms with van der Waals surface area (Å²) in [5.74, 6) is 0. The van der Waals surface area contributed by atoms with E-state index in [1.165, 1.54) is 4.90 Å². The molecule has 1 saturated heterocycles. The molecule has 1 aliphatic rings. The number of likely N-dealkylation sites (tertiary alicyclic amines) is 1. The van der Waals surface area contributed by atoms with Gasteiger partial charge in [0.25, 0.3) is 0 Å². The Morgan fingerprint density at radius 1 is 1.56 bits per heavy atom. The fraction of sp³-hybridized carbons (Fsp3) is 0.909. The van der Waals surface area contributed by atoms with Gasteiger partial charge in [-0.2, -0.15) is 0 Å². The van der Waals surface area contributed by atoms with Gasteiger partial charge in [0.1, 0.15) is 11.8 Å². The maximum absolute atomic E-state index is 13.3. The highest BCUT2D eigenvalue weighted by molar-refractivity contribution is 5.69. The van der Waals surface area contributed by atoms with Crippen molar-refractivity contribution in [1.82, 2.24) is 4.90 Å². The number of amides is 1. The van der Waals surface area contributed by atoms with Crippen LogP contribution in [0.2, 0.25) is 0 Å². The van der Waals surface area contributed by atoms with Crippen LogP contribution in [-0.2, 0) is 4.74 Å². The molecule has 0 bridgehead atoms. The smallest absolute Gasteiger partial charge is 0.410 e. The Morgan fingerprint density at radius 3 is 2.56 bits per heavy atom. The second-order valence-corrected chi connectivity index (χ2v) is 5.39. The van der Waals surface area contributed by atoms with Crippen LogP contribution < -0.4 is 5.73 Å².